The van der Waals surface area contributed by atoms with Gasteiger partial charge in [0.15, 0.2) is 0 Å². The zero-order valence-electron chi connectivity index (χ0n) is 10.5. The minimum absolute atomic E-state index is 0.0158. The predicted molar refractivity (Wildman–Crippen MR) is 65.7 cm³/mol. The number of nitrogen functional groups attached to an aromatic ring is 1. The summed E-state index contributed by atoms with van der Waals surface area (Å²) in [6.07, 6.45) is -3.53. The second kappa shape index (κ2) is 5.24. The molecule has 4 nitrogen and oxygen atoms in total. The lowest BCUT2D eigenvalue weighted by atomic mass is 10.0. The Morgan fingerprint density at radius 2 is 2.21 bits per heavy atom. The fraction of sp³-hybridized carbons (Fsp3) is 0.583. The Balaban J connectivity index is 2.13. The van der Waals surface area contributed by atoms with E-state index in [-0.39, 0.29) is 23.6 Å². The van der Waals surface area contributed by atoms with E-state index in [0.717, 1.165) is 18.6 Å². The maximum Gasteiger partial charge on any atom is 0.416 e. The summed E-state index contributed by atoms with van der Waals surface area (Å²) in [4.78, 5) is 3.88. The number of hydrogen-bond acceptors (Lipinski definition) is 4. The summed E-state index contributed by atoms with van der Waals surface area (Å²) in [5.41, 5.74) is 4.62. The number of rotatable bonds is 3. The number of hydrogen-bond donors (Lipinski definition) is 2. The Morgan fingerprint density at radius 1 is 1.47 bits per heavy atom. The highest BCUT2D eigenvalue weighted by molar-refractivity contribution is 5.48. The van der Waals surface area contributed by atoms with Crippen LogP contribution in [0.5, 0.6) is 0 Å². The number of anilines is 2. The van der Waals surface area contributed by atoms with Crippen molar-refractivity contribution in [2.24, 2.45) is 5.92 Å². The van der Waals surface area contributed by atoms with Gasteiger partial charge in [-0.05, 0) is 25.5 Å². The van der Waals surface area contributed by atoms with Crippen molar-refractivity contribution in [3.8, 4) is 0 Å². The minimum atomic E-state index is -4.42. The summed E-state index contributed by atoms with van der Waals surface area (Å²) in [6.45, 7) is 3.20. The molecular formula is C12H16F3N3O. The van der Waals surface area contributed by atoms with Gasteiger partial charge in [-0.3, -0.25) is 0 Å². The lowest BCUT2D eigenvalue weighted by Crippen LogP contribution is -2.27. The number of alkyl halides is 3. The summed E-state index contributed by atoms with van der Waals surface area (Å²) in [6, 6.07) is 1.79. The number of nitrogens with two attached hydrogens (primary N) is 1. The number of aromatic nitrogens is 1. The molecule has 1 aromatic heterocycles. The molecule has 1 fully saturated rings. The van der Waals surface area contributed by atoms with Crippen LogP contribution in [0.15, 0.2) is 12.1 Å². The molecule has 1 aliphatic heterocycles. The number of halogens is 3. The van der Waals surface area contributed by atoms with Gasteiger partial charge in [-0.25, -0.2) is 4.98 Å². The highest BCUT2D eigenvalue weighted by atomic mass is 19.4. The van der Waals surface area contributed by atoms with Crippen LogP contribution in [0.3, 0.4) is 0 Å². The highest BCUT2D eigenvalue weighted by Gasteiger charge is 2.32. The van der Waals surface area contributed by atoms with Crippen LogP contribution in [0.25, 0.3) is 0 Å². The smallest absolute Gasteiger partial charge is 0.384 e. The summed E-state index contributed by atoms with van der Waals surface area (Å²) in [7, 11) is 0. The topological polar surface area (TPSA) is 60.2 Å². The summed E-state index contributed by atoms with van der Waals surface area (Å²) >= 11 is 0. The molecule has 106 valence electrons. The molecule has 0 amide bonds. The average Bonchev–Trinajstić information content (AvgIpc) is 2.80. The SMILES string of the molecule is CC(Nc1cc(C(F)(F)F)cc(N)n1)C1CCOC1. The van der Waals surface area contributed by atoms with Gasteiger partial charge in [0.1, 0.15) is 11.6 Å². The van der Waals surface area contributed by atoms with E-state index in [0.29, 0.717) is 13.2 Å². The second-order valence-electron chi connectivity index (χ2n) is 4.72. The van der Waals surface area contributed by atoms with Gasteiger partial charge < -0.3 is 15.8 Å². The first kappa shape index (κ1) is 13.9. The third-order valence-corrected chi connectivity index (χ3v) is 3.22. The van der Waals surface area contributed by atoms with Gasteiger partial charge in [-0.15, -0.1) is 0 Å². The maximum atomic E-state index is 12.7. The molecule has 1 aromatic rings. The van der Waals surface area contributed by atoms with Crippen LogP contribution < -0.4 is 11.1 Å². The molecule has 0 saturated carbocycles. The van der Waals surface area contributed by atoms with E-state index in [1.165, 1.54) is 0 Å². The lowest BCUT2D eigenvalue weighted by Gasteiger charge is -2.20. The quantitative estimate of drug-likeness (QED) is 0.890. The van der Waals surface area contributed by atoms with E-state index in [9.17, 15) is 13.2 Å². The normalized spacial score (nSPS) is 21.4. The maximum absolute atomic E-state index is 12.7. The minimum Gasteiger partial charge on any atom is -0.384 e. The van der Waals surface area contributed by atoms with Crippen LogP contribution >= 0.6 is 0 Å². The van der Waals surface area contributed by atoms with Crippen molar-refractivity contribution in [1.82, 2.24) is 4.98 Å². The summed E-state index contributed by atoms with van der Waals surface area (Å²) in [5, 5.41) is 2.97. The number of nitrogens with zero attached hydrogens (tertiary/aromatic N) is 1. The van der Waals surface area contributed by atoms with Crippen LogP contribution in [-0.4, -0.2) is 24.2 Å². The van der Waals surface area contributed by atoms with Gasteiger partial charge in [0.2, 0.25) is 0 Å². The standard InChI is InChI=1S/C12H16F3N3O/c1-7(8-2-3-19-6-8)17-11-5-9(12(13,14)15)4-10(16)18-11/h4-5,7-8H,2-3,6H2,1H3,(H3,16,17,18). The van der Waals surface area contributed by atoms with E-state index >= 15 is 0 Å². The van der Waals surface area contributed by atoms with Gasteiger partial charge in [-0.1, -0.05) is 0 Å². The van der Waals surface area contributed by atoms with Gasteiger partial charge in [0, 0.05) is 18.6 Å². The third kappa shape index (κ3) is 3.50. The molecule has 1 aliphatic rings. The number of pyridine rings is 1. The fourth-order valence-corrected chi connectivity index (χ4v) is 2.09. The molecule has 2 heterocycles. The van der Waals surface area contributed by atoms with Crippen molar-refractivity contribution in [2.75, 3.05) is 24.3 Å². The molecule has 19 heavy (non-hydrogen) atoms. The van der Waals surface area contributed by atoms with E-state index in [1.807, 2.05) is 6.92 Å². The zero-order valence-corrected chi connectivity index (χ0v) is 10.5. The van der Waals surface area contributed by atoms with E-state index in [4.69, 9.17) is 10.5 Å². The van der Waals surface area contributed by atoms with Crippen LogP contribution in [0.1, 0.15) is 18.9 Å². The third-order valence-electron chi connectivity index (χ3n) is 3.22. The Hall–Kier alpha value is -1.50. The van der Waals surface area contributed by atoms with Crippen molar-refractivity contribution in [3.63, 3.8) is 0 Å². The Morgan fingerprint density at radius 3 is 2.79 bits per heavy atom. The summed E-state index contributed by atoms with van der Waals surface area (Å²) < 4.78 is 43.2. The molecule has 0 radical (unpaired) electrons. The van der Waals surface area contributed by atoms with Gasteiger partial charge in [0.05, 0.1) is 12.2 Å². The molecule has 3 N–H and O–H groups in total. The predicted octanol–water partition coefficient (Wildman–Crippen LogP) is 2.52. The van der Waals surface area contributed by atoms with E-state index in [2.05, 4.69) is 10.3 Å². The first-order valence-corrected chi connectivity index (χ1v) is 6.05. The van der Waals surface area contributed by atoms with Gasteiger partial charge in [0.25, 0.3) is 0 Å². The van der Waals surface area contributed by atoms with Crippen LogP contribution in [-0.2, 0) is 10.9 Å². The van der Waals surface area contributed by atoms with Crippen LogP contribution in [0.2, 0.25) is 0 Å². The van der Waals surface area contributed by atoms with Crippen molar-refractivity contribution >= 4 is 11.6 Å². The molecule has 7 heteroatoms. The monoisotopic (exact) mass is 275 g/mol. The first-order valence-electron chi connectivity index (χ1n) is 6.05. The van der Waals surface area contributed by atoms with Crippen molar-refractivity contribution in [3.05, 3.63) is 17.7 Å². The molecule has 1 saturated heterocycles. The van der Waals surface area contributed by atoms with Gasteiger partial charge in [-0.2, -0.15) is 13.2 Å². The molecule has 2 atom stereocenters. The molecule has 0 spiro atoms. The summed E-state index contributed by atoms with van der Waals surface area (Å²) in [5.74, 6) is 0.275. The molecule has 0 bridgehead atoms. The Labute approximate surface area is 109 Å². The zero-order chi connectivity index (χ0) is 14.0. The number of ether oxygens (including phenoxy) is 1. The Kier molecular flexibility index (Phi) is 3.84. The van der Waals surface area contributed by atoms with Crippen LogP contribution in [0, 0.1) is 5.92 Å². The van der Waals surface area contributed by atoms with Crippen molar-refractivity contribution in [1.29, 1.82) is 0 Å². The number of nitrogens with one attached hydrogen (secondary N) is 1. The largest absolute Gasteiger partial charge is 0.416 e. The first-order chi connectivity index (χ1) is 8.86. The van der Waals surface area contributed by atoms with E-state index in [1.54, 1.807) is 0 Å². The molecular weight excluding hydrogens is 259 g/mol. The van der Waals surface area contributed by atoms with Crippen molar-refractivity contribution in [2.45, 2.75) is 25.6 Å². The lowest BCUT2D eigenvalue weighted by molar-refractivity contribution is -0.137. The average molecular weight is 275 g/mol. The molecule has 2 rings (SSSR count). The fourth-order valence-electron chi connectivity index (χ4n) is 2.09. The highest BCUT2D eigenvalue weighted by Crippen LogP contribution is 2.32. The Bertz CT molecular complexity index is 444. The van der Waals surface area contributed by atoms with E-state index < -0.39 is 11.7 Å². The molecule has 0 aliphatic carbocycles. The van der Waals surface area contributed by atoms with Crippen molar-refractivity contribution < 1.29 is 17.9 Å². The second-order valence-corrected chi connectivity index (χ2v) is 4.72. The van der Waals surface area contributed by atoms with Gasteiger partial charge >= 0.3 is 6.18 Å². The molecule has 0 aromatic carbocycles. The van der Waals surface area contributed by atoms with Crippen LogP contribution in [0.4, 0.5) is 24.8 Å². The molecule has 2 unspecified atom stereocenters.